The molecule has 114 valence electrons. The summed E-state index contributed by atoms with van der Waals surface area (Å²) in [6.07, 6.45) is 1.27. The Labute approximate surface area is 129 Å². The highest BCUT2D eigenvalue weighted by Gasteiger charge is 2.38. The Kier molecular flexibility index (Phi) is 3.33. The number of ketones is 1. The zero-order valence-corrected chi connectivity index (χ0v) is 13.2. The Morgan fingerprint density at radius 1 is 1.05 bits per heavy atom. The van der Waals surface area contributed by atoms with E-state index in [2.05, 4.69) is 0 Å². The summed E-state index contributed by atoms with van der Waals surface area (Å²) in [5.41, 5.74) is -0.790. The van der Waals surface area contributed by atoms with Gasteiger partial charge in [0.15, 0.2) is 15.4 Å². The number of Topliss-reactive ketones (excluding diaryl/α,β-unsaturated/α-hetero) is 1. The van der Waals surface area contributed by atoms with Crippen molar-refractivity contribution in [2.24, 2.45) is 0 Å². The molecular formula is C17H16O4S. The van der Waals surface area contributed by atoms with Crippen LogP contribution < -0.4 is 0 Å². The van der Waals surface area contributed by atoms with Crippen molar-refractivity contribution in [1.82, 2.24) is 0 Å². The van der Waals surface area contributed by atoms with Gasteiger partial charge in [0, 0.05) is 11.0 Å². The van der Waals surface area contributed by atoms with Crippen LogP contribution in [-0.4, -0.2) is 25.6 Å². The standard InChI is InChI=1S/C17H16O4S/c1-17(2)16(18)13(10-21-17)11-22(19,20)15-9-5-7-12-6-3-4-8-14(12)15/h3-10H,11H2,1-2H3. The van der Waals surface area contributed by atoms with Gasteiger partial charge in [-0.1, -0.05) is 36.4 Å². The Hall–Kier alpha value is -2.14. The van der Waals surface area contributed by atoms with Crippen LogP contribution in [0.3, 0.4) is 0 Å². The molecule has 0 bridgehead atoms. The van der Waals surface area contributed by atoms with Crippen molar-refractivity contribution in [3.05, 3.63) is 54.3 Å². The summed E-state index contributed by atoms with van der Waals surface area (Å²) >= 11 is 0. The topological polar surface area (TPSA) is 60.4 Å². The molecule has 0 aliphatic carbocycles. The first-order chi connectivity index (χ1) is 10.3. The van der Waals surface area contributed by atoms with Crippen molar-refractivity contribution in [3.8, 4) is 0 Å². The molecule has 0 unspecified atom stereocenters. The summed E-state index contributed by atoms with van der Waals surface area (Å²) in [6.45, 7) is 3.26. The maximum absolute atomic E-state index is 12.7. The zero-order valence-electron chi connectivity index (χ0n) is 12.4. The summed E-state index contributed by atoms with van der Waals surface area (Å²) in [5.74, 6) is -0.625. The van der Waals surface area contributed by atoms with Gasteiger partial charge in [-0.25, -0.2) is 8.42 Å². The summed E-state index contributed by atoms with van der Waals surface area (Å²) in [7, 11) is -3.62. The molecule has 0 fully saturated rings. The fourth-order valence-corrected chi connectivity index (χ4v) is 4.13. The van der Waals surface area contributed by atoms with Gasteiger partial charge in [0.05, 0.1) is 16.9 Å². The summed E-state index contributed by atoms with van der Waals surface area (Å²) in [6, 6.07) is 12.4. The highest BCUT2D eigenvalue weighted by Crippen LogP contribution is 2.29. The van der Waals surface area contributed by atoms with E-state index in [9.17, 15) is 13.2 Å². The first-order valence-corrected chi connectivity index (χ1v) is 8.59. The van der Waals surface area contributed by atoms with E-state index < -0.39 is 15.4 Å². The highest BCUT2D eigenvalue weighted by molar-refractivity contribution is 7.91. The molecule has 0 saturated heterocycles. The second-order valence-electron chi connectivity index (χ2n) is 5.84. The van der Waals surface area contributed by atoms with Gasteiger partial charge in [-0.15, -0.1) is 0 Å². The van der Waals surface area contributed by atoms with Gasteiger partial charge in [0.2, 0.25) is 5.78 Å². The van der Waals surface area contributed by atoms with Gasteiger partial charge < -0.3 is 4.74 Å². The van der Waals surface area contributed by atoms with Gasteiger partial charge in [0.25, 0.3) is 0 Å². The second kappa shape index (κ2) is 4.95. The predicted octanol–water partition coefficient (Wildman–Crippen LogP) is 2.88. The molecule has 0 amide bonds. The first-order valence-electron chi connectivity index (χ1n) is 6.93. The van der Waals surface area contributed by atoms with E-state index in [0.717, 1.165) is 5.39 Å². The third-order valence-corrected chi connectivity index (χ3v) is 5.48. The van der Waals surface area contributed by atoms with Crippen LogP contribution >= 0.6 is 0 Å². The largest absolute Gasteiger partial charge is 0.487 e. The van der Waals surface area contributed by atoms with E-state index in [4.69, 9.17) is 4.74 Å². The normalized spacial score (nSPS) is 17.4. The van der Waals surface area contributed by atoms with Crippen molar-refractivity contribution in [2.75, 3.05) is 5.75 Å². The van der Waals surface area contributed by atoms with Crippen LogP contribution in [0.1, 0.15) is 13.8 Å². The molecule has 4 nitrogen and oxygen atoms in total. The van der Waals surface area contributed by atoms with E-state index in [-0.39, 0.29) is 22.0 Å². The molecule has 1 aliphatic heterocycles. The minimum absolute atomic E-state index is 0.193. The van der Waals surface area contributed by atoms with Crippen LogP contribution in [-0.2, 0) is 19.4 Å². The van der Waals surface area contributed by atoms with Crippen LogP contribution in [0.4, 0.5) is 0 Å². The smallest absolute Gasteiger partial charge is 0.205 e. The second-order valence-corrected chi connectivity index (χ2v) is 7.79. The SMILES string of the molecule is CC1(C)OC=C(CS(=O)(=O)c2cccc3ccccc23)C1=O. The lowest BCUT2D eigenvalue weighted by atomic mass is 10.0. The van der Waals surface area contributed by atoms with E-state index in [1.807, 2.05) is 18.2 Å². The fraction of sp³-hybridized carbons (Fsp3) is 0.235. The molecule has 3 rings (SSSR count). The number of hydrogen-bond acceptors (Lipinski definition) is 4. The van der Waals surface area contributed by atoms with Gasteiger partial charge in [-0.05, 0) is 25.3 Å². The average Bonchev–Trinajstić information content (AvgIpc) is 2.73. The number of fused-ring (bicyclic) bond motifs is 1. The maximum atomic E-state index is 12.7. The van der Waals surface area contributed by atoms with Crippen LogP contribution in [0.5, 0.6) is 0 Å². The maximum Gasteiger partial charge on any atom is 0.205 e. The van der Waals surface area contributed by atoms with Crippen molar-refractivity contribution in [1.29, 1.82) is 0 Å². The van der Waals surface area contributed by atoms with Crippen molar-refractivity contribution in [2.45, 2.75) is 24.3 Å². The molecular weight excluding hydrogens is 300 g/mol. The molecule has 0 spiro atoms. The fourth-order valence-electron chi connectivity index (χ4n) is 2.56. The average molecular weight is 316 g/mol. The number of benzene rings is 2. The molecule has 0 radical (unpaired) electrons. The molecule has 2 aromatic carbocycles. The summed E-state index contributed by atoms with van der Waals surface area (Å²) in [5, 5.41) is 1.52. The van der Waals surface area contributed by atoms with Gasteiger partial charge in [-0.2, -0.15) is 0 Å². The number of ether oxygens (including phenoxy) is 1. The molecule has 0 aromatic heterocycles. The van der Waals surface area contributed by atoms with Gasteiger partial charge >= 0.3 is 0 Å². The van der Waals surface area contributed by atoms with E-state index in [1.165, 1.54) is 6.26 Å². The van der Waals surface area contributed by atoms with E-state index in [1.54, 1.807) is 38.1 Å². The van der Waals surface area contributed by atoms with Crippen molar-refractivity contribution < 1.29 is 17.9 Å². The van der Waals surface area contributed by atoms with Crippen LogP contribution in [0.2, 0.25) is 0 Å². The molecule has 22 heavy (non-hydrogen) atoms. The lowest BCUT2D eigenvalue weighted by Crippen LogP contribution is -2.30. The summed E-state index contributed by atoms with van der Waals surface area (Å²) < 4.78 is 30.7. The molecule has 1 heterocycles. The molecule has 0 saturated carbocycles. The number of hydrogen-bond donors (Lipinski definition) is 0. The van der Waals surface area contributed by atoms with Gasteiger partial charge in [-0.3, -0.25) is 4.79 Å². The van der Waals surface area contributed by atoms with Crippen LogP contribution in [0.15, 0.2) is 59.2 Å². The lowest BCUT2D eigenvalue weighted by molar-refractivity contribution is -0.126. The Morgan fingerprint density at radius 3 is 2.41 bits per heavy atom. The van der Waals surface area contributed by atoms with E-state index >= 15 is 0 Å². The van der Waals surface area contributed by atoms with E-state index in [0.29, 0.717) is 5.39 Å². The quantitative estimate of drug-likeness (QED) is 0.873. The monoisotopic (exact) mass is 316 g/mol. The highest BCUT2D eigenvalue weighted by atomic mass is 32.2. The molecule has 0 N–H and O–H groups in total. The third-order valence-electron chi connectivity index (χ3n) is 3.76. The van der Waals surface area contributed by atoms with Gasteiger partial charge in [0.1, 0.15) is 0 Å². The third kappa shape index (κ3) is 2.41. The Bertz CT molecular complexity index is 887. The number of rotatable bonds is 3. The minimum Gasteiger partial charge on any atom is -0.487 e. The molecule has 1 aliphatic rings. The van der Waals surface area contributed by atoms with Crippen LogP contribution in [0, 0.1) is 0 Å². The molecule has 2 aromatic rings. The number of carbonyl (C=O) groups excluding carboxylic acids is 1. The first kappa shape index (κ1) is 14.8. The lowest BCUT2D eigenvalue weighted by Gasteiger charge is -2.15. The zero-order chi connectivity index (χ0) is 16.0. The van der Waals surface area contributed by atoms with Crippen molar-refractivity contribution in [3.63, 3.8) is 0 Å². The van der Waals surface area contributed by atoms with Crippen molar-refractivity contribution >= 4 is 26.4 Å². The molecule has 5 heteroatoms. The minimum atomic E-state index is -3.62. The Morgan fingerprint density at radius 2 is 1.73 bits per heavy atom. The molecule has 0 atom stereocenters. The predicted molar refractivity (Wildman–Crippen MR) is 84.3 cm³/mol. The van der Waals surface area contributed by atoms with Crippen LogP contribution in [0.25, 0.3) is 10.8 Å². The number of sulfone groups is 1. The summed E-state index contributed by atoms with van der Waals surface area (Å²) in [4.78, 5) is 12.4. The number of carbonyl (C=O) groups is 1. The Balaban J connectivity index is 2.02.